The van der Waals surface area contributed by atoms with Gasteiger partial charge in [-0.15, -0.1) is 0 Å². The van der Waals surface area contributed by atoms with Gasteiger partial charge in [0.25, 0.3) is 0 Å². The highest BCUT2D eigenvalue weighted by molar-refractivity contribution is 5.88. The molecule has 2 amide bonds. The minimum atomic E-state index is -0.530. The Bertz CT molecular complexity index is 779. The summed E-state index contributed by atoms with van der Waals surface area (Å²) >= 11 is 0. The van der Waals surface area contributed by atoms with E-state index in [4.69, 9.17) is 0 Å². The van der Waals surface area contributed by atoms with Gasteiger partial charge in [0.1, 0.15) is 6.04 Å². The third-order valence-electron chi connectivity index (χ3n) is 4.80. The van der Waals surface area contributed by atoms with Crippen LogP contribution in [0, 0.1) is 19.8 Å². The summed E-state index contributed by atoms with van der Waals surface area (Å²) in [6.07, 6.45) is 0.286. The van der Waals surface area contributed by atoms with Crippen LogP contribution < -0.4 is 5.32 Å². The second-order valence-corrected chi connectivity index (χ2v) is 7.98. The van der Waals surface area contributed by atoms with Crippen molar-refractivity contribution in [3.63, 3.8) is 0 Å². The van der Waals surface area contributed by atoms with Gasteiger partial charge in [0.15, 0.2) is 0 Å². The second-order valence-electron chi connectivity index (χ2n) is 7.98. The van der Waals surface area contributed by atoms with Gasteiger partial charge < -0.3 is 10.2 Å². The third kappa shape index (κ3) is 6.52. The first kappa shape index (κ1) is 21.7. The Morgan fingerprint density at radius 2 is 1.36 bits per heavy atom. The molecule has 0 radical (unpaired) electrons. The molecule has 1 atom stereocenters. The van der Waals surface area contributed by atoms with E-state index in [0.717, 1.165) is 16.7 Å². The number of carbonyl (C=O) groups excluding carboxylic acids is 2. The minimum absolute atomic E-state index is 0.0448. The van der Waals surface area contributed by atoms with Crippen LogP contribution in [-0.2, 0) is 22.6 Å². The highest BCUT2D eigenvalue weighted by Crippen LogP contribution is 2.14. The van der Waals surface area contributed by atoms with E-state index in [-0.39, 0.29) is 18.2 Å². The number of nitrogens with zero attached hydrogens (tertiary/aromatic N) is 1. The monoisotopic (exact) mass is 380 g/mol. The summed E-state index contributed by atoms with van der Waals surface area (Å²) in [6, 6.07) is 15.5. The fraction of sp³-hybridized carbons (Fsp3) is 0.417. The average molecular weight is 381 g/mol. The van der Waals surface area contributed by atoms with Gasteiger partial charge in [-0.25, -0.2) is 0 Å². The SMILES string of the molecule is Cc1ccc(CC(=O)N(Cc2ccc(C)cc2)[C@@H](C)C(=O)NCC(C)C)cc1. The molecule has 4 nitrogen and oxygen atoms in total. The first-order chi connectivity index (χ1) is 13.3. The van der Waals surface area contributed by atoms with E-state index < -0.39 is 6.04 Å². The molecule has 0 aliphatic heterocycles. The zero-order valence-electron chi connectivity index (χ0n) is 17.7. The van der Waals surface area contributed by atoms with Crippen molar-refractivity contribution >= 4 is 11.8 Å². The smallest absolute Gasteiger partial charge is 0.242 e. The third-order valence-corrected chi connectivity index (χ3v) is 4.80. The highest BCUT2D eigenvalue weighted by atomic mass is 16.2. The zero-order chi connectivity index (χ0) is 20.7. The van der Waals surface area contributed by atoms with Gasteiger partial charge in [0.2, 0.25) is 11.8 Å². The average Bonchev–Trinajstić information content (AvgIpc) is 2.66. The van der Waals surface area contributed by atoms with Gasteiger partial charge in [-0.05, 0) is 37.8 Å². The number of amides is 2. The number of hydrogen-bond donors (Lipinski definition) is 1. The number of nitrogens with one attached hydrogen (secondary N) is 1. The molecule has 1 N–H and O–H groups in total. The van der Waals surface area contributed by atoms with Crippen molar-refractivity contribution in [2.24, 2.45) is 5.92 Å². The summed E-state index contributed by atoms with van der Waals surface area (Å²) < 4.78 is 0. The van der Waals surface area contributed by atoms with E-state index in [9.17, 15) is 9.59 Å². The molecule has 0 aliphatic rings. The molecule has 0 bridgehead atoms. The van der Waals surface area contributed by atoms with Crippen LogP contribution in [0.2, 0.25) is 0 Å². The summed E-state index contributed by atoms with van der Waals surface area (Å²) in [7, 11) is 0. The Labute approximate surface area is 169 Å². The van der Waals surface area contributed by atoms with E-state index in [0.29, 0.717) is 19.0 Å². The standard InChI is InChI=1S/C24H32N2O2/c1-17(2)15-25-24(28)20(5)26(16-22-12-8-19(4)9-13-22)23(27)14-21-10-6-18(3)7-11-21/h6-13,17,20H,14-16H2,1-5H3,(H,25,28)/t20-/m0/s1. The predicted octanol–water partition coefficient (Wildman–Crippen LogP) is 4.04. The molecule has 2 aromatic carbocycles. The maximum Gasteiger partial charge on any atom is 0.242 e. The molecule has 2 aromatic rings. The first-order valence-corrected chi connectivity index (χ1v) is 9.94. The lowest BCUT2D eigenvalue weighted by Gasteiger charge is -2.29. The van der Waals surface area contributed by atoms with Crippen LogP contribution in [0.5, 0.6) is 0 Å². The topological polar surface area (TPSA) is 49.4 Å². The maximum atomic E-state index is 13.1. The summed E-state index contributed by atoms with van der Waals surface area (Å²) in [5, 5.41) is 2.95. The summed E-state index contributed by atoms with van der Waals surface area (Å²) in [6.45, 7) is 11.0. The highest BCUT2D eigenvalue weighted by Gasteiger charge is 2.26. The Kier molecular flexibility index (Phi) is 7.80. The molecular weight excluding hydrogens is 348 g/mol. The zero-order valence-corrected chi connectivity index (χ0v) is 17.7. The van der Waals surface area contributed by atoms with Crippen LogP contribution in [-0.4, -0.2) is 29.3 Å². The summed E-state index contributed by atoms with van der Waals surface area (Å²) in [5.41, 5.74) is 4.31. The second kappa shape index (κ2) is 10.1. The lowest BCUT2D eigenvalue weighted by molar-refractivity contribution is -0.140. The molecule has 28 heavy (non-hydrogen) atoms. The van der Waals surface area contributed by atoms with Crippen molar-refractivity contribution in [1.29, 1.82) is 0 Å². The first-order valence-electron chi connectivity index (χ1n) is 9.94. The predicted molar refractivity (Wildman–Crippen MR) is 114 cm³/mol. The van der Waals surface area contributed by atoms with Crippen LogP contribution in [0.25, 0.3) is 0 Å². The summed E-state index contributed by atoms with van der Waals surface area (Å²) in [5.74, 6) is 0.208. The quantitative estimate of drug-likeness (QED) is 0.751. The minimum Gasteiger partial charge on any atom is -0.354 e. The van der Waals surface area contributed by atoms with E-state index >= 15 is 0 Å². The van der Waals surface area contributed by atoms with E-state index in [1.54, 1.807) is 11.8 Å². The van der Waals surface area contributed by atoms with Crippen molar-refractivity contribution in [3.8, 4) is 0 Å². The molecule has 0 saturated carbocycles. The fourth-order valence-corrected chi connectivity index (χ4v) is 2.91. The van der Waals surface area contributed by atoms with Crippen molar-refractivity contribution in [3.05, 3.63) is 70.8 Å². The van der Waals surface area contributed by atoms with Gasteiger partial charge in [-0.3, -0.25) is 9.59 Å². The Morgan fingerprint density at radius 3 is 1.86 bits per heavy atom. The molecule has 0 unspecified atom stereocenters. The fourth-order valence-electron chi connectivity index (χ4n) is 2.91. The van der Waals surface area contributed by atoms with E-state index in [1.165, 1.54) is 5.56 Å². The molecule has 0 saturated heterocycles. The van der Waals surface area contributed by atoms with Gasteiger partial charge in [0.05, 0.1) is 6.42 Å². The lowest BCUT2D eigenvalue weighted by Crippen LogP contribution is -2.48. The lowest BCUT2D eigenvalue weighted by atomic mass is 10.1. The van der Waals surface area contributed by atoms with Crippen molar-refractivity contribution in [2.45, 2.75) is 53.6 Å². The molecule has 0 fully saturated rings. The van der Waals surface area contributed by atoms with E-state index in [1.807, 2.05) is 62.4 Å². The van der Waals surface area contributed by atoms with Crippen LogP contribution in [0.4, 0.5) is 0 Å². The normalized spacial score (nSPS) is 11.9. The Balaban J connectivity index is 2.18. The molecule has 2 rings (SSSR count). The summed E-state index contributed by atoms with van der Waals surface area (Å²) in [4.78, 5) is 27.4. The van der Waals surface area contributed by atoms with Crippen molar-refractivity contribution in [2.75, 3.05) is 6.54 Å². The van der Waals surface area contributed by atoms with Gasteiger partial charge in [0, 0.05) is 13.1 Å². The number of aryl methyl sites for hydroxylation is 2. The number of hydrogen-bond acceptors (Lipinski definition) is 2. The number of rotatable bonds is 8. The Hall–Kier alpha value is -2.62. The number of benzene rings is 2. The van der Waals surface area contributed by atoms with Gasteiger partial charge in [-0.1, -0.05) is 73.5 Å². The van der Waals surface area contributed by atoms with Crippen molar-refractivity contribution in [1.82, 2.24) is 10.2 Å². The molecule has 150 valence electrons. The molecular formula is C24H32N2O2. The molecule has 0 spiro atoms. The molecule has 0 heterocycles. The largest absolute Gasteiger partial charge is 0.354 e. The van der Waals surface area contributed by atoms with Gasteiger partial charge in [-0.2, -0.15) is 0 Å². The van der Waals surface area contributed by atoms with Gasteiger partial charge >= 0.3 is 0 Å². The van der Waals surface area contributed by atoms with E-state index in [2.05, 4.69) is 19.2 Å². The van der Waals surface area contributed by atoms with Crippen LogP contribution in [0.15, 0.2) is 48.5 Å². The Morgan fingerprint density at radius 1 is 0.857 bits per heavy atom. The van der Waals surface area contributed by atoms with Crippen LogP contribution in [0.1, 0.15) is 43.0 Å². The van der Waals surface area contributed by atoms with Crippen LogP contribution in [0.3, 0.4) is 0 Å². The molecule has 0 aliphatic carbocycles. The van der Waals surface area contributed by atoms with Crippen LogP contribution >= 0.6 is 0 Å². The number of carbonyl (C=O) groups is 2. The molecule has 4 heteroatoms. The maximum absolute atomic E-state index is 13.1. The van der Waals surface area contributed by atoms with Crippen molar-refractivity contribution < 1.29 is 9.59 Å². The molecule has 0 aromatic heterocycles.